The number of nitrogens with zero attached hydrogens (tertiary/aromatic N) is 1. The second-order valence-corrected chi connectivity index (χ2v) is 6.17. The predicted molar refractivity (Wildman–Crippen MR) is 77.2 cm³/mol. The zero-order valence-electron chi connectivity index (χ0n) is 12.7. The van der Waals surface area contributed by atoms with E-state index < -0.39 is 0 Å². The number of ether oxygens (including phenoxy) is 2. The van der Waals surface area contributed by atoms with E-state index in [4.69, 9.17) is 15.2 Å². The minimum Gasteiger partial charge on any atom is -0.383 e. The molecule has 0 aromatic heterocycles. The van der Waals surface area contributed by atoms with E-state index in [1.54, 1.807) is 7.11 Å². The molecule has 1 saturated carbocycles. The molecule has 2 rings (SSSR count). The van der Waals surface area contributed by atoms with Crippen molar-refractivity contribution in [3.8, 4) is 0 Å². The molecule has 2 fully saturated rings. The van der Waals surface area contributed by atoms with E-state index in [0.717, 1.165) is 31.9 Å². The number of hydrogen-bond acceptors (Lipinski definition) is 4. The summed E-state index contributed by atoms with van der Waals surface area (Å²) in [6.45, 7) is 6.92. The largest absolute Gasteiger partial charge is 0.383 e. The Kier molecular flexibility index (Phi) is 5.63. The Morgan fingerprint density at radius 2 is 2.05 bits per heavy atom. The molecule has 112 valence electrons. The molecule has 0 aromatic rings. The second kappa shape index (κ2) is 7.02. The van der Waals surface area contributed by atoms with Crippen LogP contribution in [0.25, 0.3) is 0 Å². The Balaban J connectivity index is 2.00. The number of methoxy groups -OCH3 is 1. The predicted octanol–water partition coefficient (Wildman–Crippen LogP) is 1.63. The van der Waals surface area contributed by atoms with Crippen LogP contribution in [0.4, 0.5) is 0 Å². The van der Waals surface area contributed by atoms with Gasteiger partial charge in [-0.15, -0.1) is 0 Å². The Morgan fingerprint density at radius 1 is 1.32 bits per heavy atom. The lowest BCUT2D eigenvalue weighted by Crippen LogP contribution is -2.53. The maximum atomic E-state index is 6.07. The van der Waals surface area contributed by atoms with E-state index in [0.29, 0.717) is 30.8 Å². The highest BCUT2D eigenvalue weighted by atomic mass is 16.5. The summed E-state index contributed by atoms with van der Waals surface area (Å²) in [4.78, 5) is 2.55. The third kappa shape index (κ3) is 3.91. The molecule has 0 bridgehead atoms. The Bertz CT molecular complexity index is 271. The lowest BCUT2D eigenvalue weighted by atomic mass is 10.0. The molecular formula is C15H30N2O2. The third-order valence-corrected chi connectivity index (χ3v) is 4.74. The van der Waals surface area contributed by atoms with E-state index in [1.807, 2.05) is 0 Å². The van der Waals surface area contributed by atoms with Gasteiger partial charge in [-0.05, 0) is 45.4 Å². The standard InChI is InChI=1S/C15H30N2O2/c1-11-4-7-15(19-11)14(10-16)17(8-9-18-3)12(2)13-5-6-13/h11-15H,4-10,16H2,1-3H3. The topological polar surface area (TPSA) is 47.7 Å². The molecule has 0 radical (unpaired) electrons. The van der Waals surface area contributed by atoms with Crippen LogP contribution in [0.15, 0.2) is 0 Å². The van der Waals surface area contributed by atoms with Crippen molar-refractivity contribution < 1.29 is 9.47 Å². The van der Waals surface area contributed by atoms with Gasteiger partial charge in [0.1, 0.15) is 0 Å². The smallest absolute Gasteiger partial charge is 0.0747 e. The zero-order chi connectivity index (χ0) is 13.8. The van der Waals surface area contributed by atoms with Crippen LogP contribution in [-0.2, 0) is 9.47 Å². The molecule has 0 aromatic carbocycles. The van der Waals surface area contributed by atoms with Crippen molar-refractivity contribution in [2.45, 2.75) is 63.8 Å². The molecule has 4 unspecified atom stereocenters. The molecule has 2 aliphatic rings. The minimum atomic E-state index is 0.304. The van der Waals surface area contributed by atoms with E-state index in [9.17, 15) is 0 Å². The van der Waals surface area contributed by atoms with Crippen LogP contribution in [0.3, 0.4) is 0 Å². The first-order chi connectivity index (χ1) is 9.17. The molecule has 2 N–H and O–H groups in total. The Labute approximate surface area is 117 Å². The Hall–Kier alpha value is -0.160. The van der Waals surface area contributed by atoms with E-state index in [-0.39, 0.29) is 0 Å². The summed E-state index contributed by atoms with van der Waals surface area (Å²) < 4.78 is 11.3. The molecule has 1 aliphatic heterocycles. The van der Waals surface area contributed by atoms with Crippen molar-refractivity contribution in [2.24, 2.45) is 11.7 Å². The van der Waals surface area contributed by atoms with Crippen molar-refractivity contribution >= 4 is 0 Å². The third-order valence-electron chi connectivity index (χ3n) is 4.74. The maximum Gasteiger partial charge on any atom is 0.0747 e. The molecule has 0 amide bonds. The average molecular weight is 270 g/mol. The Morgan fingerprint density at radius 3 is 2.53 bits per heavy atom. The van der Waals surface area contributed by atoms with Gasteiger partial charge < -0.3 is 15.2 Å². The summed E-state index contributed by atoms with van der Waals surface area (Å²) in [6.07, 6.45) is 5.73. The van der Waals surface area contributed by atoms with Crippen molar-refractivity contribution in [1.82, 2.24) is 4.90 Å². The van der Waals surface area contributed by atoms with E-state index in [1.165, 1.54) is 12.8 Å². The summed E-state index contributed by atoms with van der Waals surface area (Å²) in [7, 11) is 1.77. The SMILES string of the molecule is COCCN(C(C)C1CC1)C(CN)C1CCC(C)O1. The van der Waals surface area contributed by atoms with Crippen molar-refractivity contribution in [3.63, 3.8) is 0 Å². The summed E-state index contributed by atoms with van der Waals surface area (Å²) >= 11 is 0. The molecule has 4 nitrogen and oxygen atoms in total. The second-order valence-electron chi connectivity index (χ2n) is 6.17. The molecule has 1 aliphatic carbocycles. The lowest BCUT2D eigenvalue weighted by Gasteiger charge is -2.39. The molecule has 1 heterocycles. The van der Waals surface area contributed by atoms with E-state index in [2.05, 4.69) is 18.7 Å². The van der Waals surface area contributed by atoms with Gasteiger partial charge in [-0.1, -0.05) is 0 Å². The van der Waals surface area contributed by atoms with Crippen LogP contribution in [-0.4, -0.2) is 56.0 Å². The highest BCUT2D eigenvalue weighted by molar-refractivity contribution is 4.93. The summed E-state index contributed by atoms with van der Waals surface area (Å²) in [5, 5.41) is 0. The highest BCUT2D eigenvalue weighted by Gasteiger charge is 2.39. The van der Waals surface area contributed by atoms with Gasteiger partial charge in [-0.3, -0.25) is 4.90 Å². The summed E-state index contributed by atoms with van der Waals surface area (Å²) in [6, 6.07) is 0.943. The average Bonchev–Trinajstić information content (AvgIpc) is 3.17. The van der Waals surface area contributed by atoms with E-state index >= 15 is 0 Å². The van der Waals surface area contributed by atoms with Gasteiger partial charge >= 0.3 is 0 Å². The monoisotopic (exact) mass is 270 g/mol. The number of nitrogens with two attached hydrogens (primary N) is 1. The van der Waals surface area contributed by atoms with Crippen LogP contribution in [0, 0.1) is 5.92 Å². The minimum absolute atomic E-state index is 0.304. The van der Waals surface area contributed by atoms with Crippen LogP contribution < -0.4 is 5.73 Å². The maximum absolute atomic E-state index is 6.07. The van der Waals surface area contributed by atoms with Gasteiger partial charge in [-0.25, -0.2) is 0 Å². The molecule has 4 heteroatoms. The fourth-order valence-corrected chi connectivity index (χ4v) is 3.33. The first-order valence-electron chi connectivity index (χ1n) is 7.77. The van der Waals surface area contributed by atoms with Crippen LogP contribution >= 0.6 is 0 Å². The normalized spacial score (nSPS) is 30.8. The lowest BCUT2D eigenvalue weighted by molar-refractivity contribution is -0.0253. The molecule has 0 spiro atoms. The van der Waals surface area contributed by atoms with Gasteiger partial charge in [-0.2, -0.15) is 0 Å². The van der Waals surface area contributed by atoms with Gasteiger partial charge in [0, 0.05) is 32.3 Å². The van der Waals surface area contributed by atoms with Crippen LogP contribution in [0.2, 0.25) is 0 Å². The molecular weight excluding hydrogens is 240 g/mol. The summed E-state index contributed by atoms with van der Waals surface area (Å²) in [5.41, 5.74) is 6.07. The molecule has 1 saturated heterocycles. The van der Waals surface area contributed by atoms with Crippen molar-refractivity contribution in [1.29, 1.82) is 0 Å². The molecule has 4 atom stereocenters. The van der Waals surface area contributed by atoms with Gasteiger partial charge in [0.15, 0.2) is 0 Å². The first kappa shape index (κ1) is 15.2. The zero-order valence-corrected chi connectivity index (χ0v) is 12.7. The number of hydrogen-bond donors (Lipinski definition) is 1. The van der Waals surface area contributed by atoms with Crippen LogP contribution in [0.1, 0.15) is 39.5 Å². The van der Waals surface area contributed by atoms with Crippen molar-refractivity contribution in [3.05, 3.63) is 0 Å². The van der Waals surface area contributed by atoms with Crippen molar-refractivity contribution in [2.75, 3.05) is 26.8 Å². The van der Waals surface area contributed by atoms with Crippen LogP contribution in [0.5, 0.6) is 0 Å². The van der Waals surface area contributed by atoms with Gasteiger partial charge in [0.25, 0.3) is 0 Å². The fourth-order valence-electron chi connectivity index (χ4n) is 3.33. The first-order valence-corrected chi connectivity index (χ1v) is 7.77. The van der Waals surface area contributed by atoms with Gasteiger partial charge in [0.2, 0.25) is 0 Å². The highest BCUT2D eigenvalue weighted by Crippen LogP contribution is 2.37. The number of rotatable bonds is 8. The fraction of sp³-hybridized carbons (Fsp3) is 1.00. The molecule has 19 heavy (non-hydrogen) atoms. The van der Waals surface area contributed by atoms with Gasteiger partial charge in [0.05, 0.1) is 18.8 Å². The quantitative estimate of drug-likeness (QED) is 0.728. The summed E-state index contributed by atoms with van der Waals surface area (Å²) in [5.74, 6) is 0.852.